The standard InChI is InChI=1S/C29H42O12/c1-15(31)38-14-28-24(41-18(4)34)10-19(39-16(2)32)11-27(28,36)8-6-21-25(28)23(40-17(3)33)12-26(5)20(22(35)13-30)7-9-29(21,26)37/h19-21,23-25,30,36-37H,6-14H2,1-5H3/t19-,20+,21+,23+,24-,25+,26+,27+,28+,29+/m0/s1. The molecule has 10 atom stereocenters. The smallest absolute Gasteiger partial charge is 0.302 e. The second-order valence-electron chi connectivity index (χ2n) is 12.7. The van der Waals surface area contributed by atoms with Gasteiger partial charge < -0.3 is 34.3 Å². The minimum atomic E-state index is -1.72. The molecule has 0 aromatic carbocycles. The number of hydrogen-bond donors (Lipinski definition) is 3. The Morgan fingerprint density at radius 2 is 1.46 bits per heavy atom. The van der Waals surface area contributed by atoms with Gasteiger partial charge in [-0.3, -0.25) is 24.0 Å². The van der Waals surface area contributed by atoms with Gasteiger partial charge in [0.1, 0.15) is 31.5 Å². The first-order valence-electron chi connectivity index (χ1n) is 14.3. The Kier molecular flexibility index (Phi) is 8.36. The molecular formula is C29H42O12. The van der Waals surface area contributed by atoms with Gasteiger partial charge in [0.2, 0.25) is 0 Å². The Labute approximate surface area is 239 Å². The molecule has 0 bridgehead atoms. The summed E-state index contributed by atoms with van der Waals surface area (Å²) in [4.78, 5) is 61.9. The molecule has 4 aliphatic rings. The first-order chi connectivity index (χ1) is 19.0. The van der Waals surface area contributed by atoms with Crippen molar-refractivity contribution in [3.05, 3.63) is 0 Å². The summed E-state index contributed by atoms with van der Waals surface area (Å²) in [5.74, 6) is -5.16. The van der Waals surface area contributed by atoms with Crippen LogP contribution in [0.4, 0.5) is 0 Å². The number of aliphatic hydroxyl groups excluding tert-OH is 1. The molecule has 0 saturated heterocycles. The highest BCUT2D eigenvalue weighted by molar-refractivity contribution is 5.83. The molecule has 12 heteroatoms. The topological polar surface area (TPSA) is 183 Å². The van der Waals surface area contributed by atoms with Crippen LogP contribution >= 0.6 is 0 Å². The molecule has 4 saturated carbocycles. The lowest BCUT2D eigenvalue weighted by molar-refractivity contribution is -0.320. The third-order valence-corrected chi connectivity index (χ3v) is 10.6. The van der Waals surface area contributed by atoms with Gasteiger partial charge in [0.15, 0.2) is 5.78 Å². The molecule has 0 aromatic rings. The van der Waals surface area contributed by atoms with Crippen LogP contribution in [0.3, 0.4) is 0 Å². The maximum absolute atomic E-state index is 12.9. The molecule has 4 rings (SSSR count). The zero-order valence-corrected chi connectivity index (χ0v) is 24.3. The van der Waals surface area contributed by atoms with E-state index >= 15 is 0 Å². The molecule has 0 heterocycles. The van der Waals surface area contributed by atoms with E-state index in [9.17, 15) is 39.3 Å². The van der Waals surface area contributed by atoms with Gasteiger partial charge in [-0.1, -0.05) is 6.92 Å². The lowest BCUT2D eigenvalue weighted by Gasteiger charge is -2.68. The van der Waals surface area contributed by atoms with E-state index in [1.807, 2.05) is 0 Å². The Bertz CT molecular complexity index is 1110. The minimum Gasteiger partial charge on any atom is -0.465 e. The van der Waals surface area contributed by atoms with Gasteiger partial charge in [-0.05, 0) is 38.0 Å². The van der Waals surface area contributed by atoms with E-state index in [0.717, 1.165) is 0 Å². The molecule has 0 spiro atoms. The van der Waals surface area contributed by atoms with Crippen LogP contribution in [0.5, 0.6) is 0 Å². The molecule has 0 unspecified atom stereocenters. The molecule has 230 valence electrons. The van der Waals surface area contributed by atoms with Crippen molar-refractivity contribution >= 4 is 29.7 Å². The van der Waals surface area contributed by atoms with E-state index in [-0.39, 0.29) is 38.5 Å². The number of rotatable bonds is 7. The maximum Gasteiger partial charge on any atom is 0.302 e. The summed E-state index contributed by atoms with van der Waals surface area (Å²) in [6.07, 6.45) is -2.12. The number of esters is 4. The van der Waals surface area contributed by atoms with Crippen molar-refractivity contribution in [2.24, 2.45) is 28.6 Å². The van der Waals surface area contributed by atoms with Crippen molar-refractivity contribution in [2.45, 2.75) is 109 Å². The average Bonchev–Trinajstić information content (AvgIpc) is 3.11. The Morgan fingerprint density at radius 3 is 2.02 bits per heavy atom. The summed E-state index contributed by atoms with van der Waals surface area (Å²) < 4.78 is 22.8. The van der Waals surface area contributed by atoms with Crippen molar-refractivity contribution in [3.8, 4) is 0 Å². The summed E-state index contributed by atoms with van der Waals surface area (Å²) in [5.41, 5.74) is -5.82. The molecule has 0 amide bonds. The van der Waals surface area contributed by atoms with Gasteiger partial charge in [0, 0.05) is 57.8 Å². The van der Waals surface area contributed by atoms with Gasteiger partial charge >= 0.3 is 23.9 Å². The molecule has 41 heavy (non-hydrogen) atoms. The quantitative estimate of drug-likeness (QED) is 0.286. The third kappa shape index (κ3) is 4.95. The predicted octanol–water partition coefficient (Wildman–Crippen LogP) is 0.995. The van der Waals surface area contributed by atoms with Gasteiger partial charge in [-0.15, -0.1) is 0 Å². The van der Waals surface area contributed by atoms with E-state index < -0.39 is 101 Å². The number of aliphatic hydroxyl groups is 3. The largest absolute Gasteiger partial charge is 0.465 e. The Morgan fingerprint density at radius 1 is 0.829 bits per heavy atom. The molecule has 0 aromatic heterocycles. The van der Waals surface area contributed by atoms with E-state index in [1.54, 1.807) is 6.92 Å². The van der Waals surface area contributed by atoms with E-state index in [4.69, 9.17) is 18.9 Å². The van der Waals surface area contributed by atoms with Gasteiger partial charge in [0.25, 0.3) is 0 Å². The highest BCUT2D eigenvalue weighted by Crippen LogP contribution is 2.71. The van der Waals surface area contributed by atoms with Crippen LogP contribution in [-0.4, -0.2) is 87.7 Å². The SMILES string of the molecule is CC(=O)OC[C@@]12[C@@H]3[C@@H](CC[C@@]1(O)C[C@@H](OC(C)=O)C[C@@H]2OC(C)=O)[C@]1(O)CC[C@H](C(=O)CO)[C@@]1(C)C[C@H]3OC(C)=O. The molecule has 0 radical (unpaired) electrons. The normalized spacial score (nSPS) is 43.0. The van der Waals surface area contributed by atoms with Crippen LogP contribution in [0.25, 0.3) is 0 Å². The fourth-order valence-electron chi connectivity index (χ4n) is 9.24. The van der Waals surface area contributed by atoms with Crippen LogP contribution in [0.15, 0.2) is 0 Å². The molecule has 12 nitrogen and oxygen atoms in total. The summed E-state index contributed by atoms with van der Waals surface area (Å²) in [6.45, 7) is 5.55. The monoisotopic (exact) mass is 582 g/mol. The van der Waals surface area contributed by atoms with E-state index in [0.29, 0.717) is 6.42 Å². The van der Waals surface area contributed by atoms with Crippen molar-refractivity contribution in [2.75, 3.05) is 13.2 Å². The first kappa shape index (κ1) is 31.4. The van der Waals surface area contributed by atoms with E-state index in [1.165, 1.54) is 27.7 Å². The third-order valence-electron chi connectivity index (χ3n) is 10.6. The van der Waals surface area contributed by atoms with Crippen LogP contribution in [0.1, 0.15) is 79.6 Å². The highest BCUT2D eigenvalue weighted by Gasteiger charge is 2.77. The van der Waals surface area contributed by atoms with Crippen LogP contribution in [0.2, 0.25) is 0 Å². The molecule has 0 aliphatic heterocycles. The zero-order valence-electron chi connectivity index (χ0n) is 24.3. The number of ketones is 1. The lowest BCUT2D eigenvalue weighted by Crippen LogP contribution is -2.76. The summed E-state index contributed by atoms with van der Waals surface area (Å²) in [7, 11) is 0. The molecular weight excluding hydrogens is 540 g/mol. The molecule has 3 N–H and O–H groups in total. The molecule has 4 aliphatic carbocycles. The summed E-state index contributed by atoms with van der Waals surface area (Å²) in [5, 5.41) is 34.7. The fraction of sp³-hybridized carbons (Fsp3) is 0.828. The van der Waals surface area contributed by atoms with Crippen molar-refractivity contribution in [3.63, 3.8) is 0 Å². The van der Waals surface area contributed by atoms with Crippen molar-refractivity contribution in [1.29, 1.82) is 0 Å². The van der Waals surface area contributed by atoms with Crippen LogP contribution < -0.4 is 0 Å². The second-order valence-corrected chi connectivity index (χ2v) is 12.7. The van der Waals surface area contributed by atoms with Gasteiger partial charge in [-0.25, -0.2) is 0 Å². The van der Waals surface area contributed by atoms with E-state index in [2.05, 4.69) is 0 Å². The number of carbonyl (C=O) groups is 5. The minimum absolute atomic E-state index is 0.0138. The van der Waals surface area contributed by atoms with Crippen molar-refractivity contribution in [1.82, 2.24) is 0 Å². The molecule has 4 fully saturated rings. The highest BCUT2D eigenvalue weighted by atomic mass is 16.6. The zero-order chi connectivity index (χ0) is 30.5. The maximum atomic E-state index is 12.9. The Hall–Kier alpha value is -2.57. The lowest BCUT2D eigenvalue weighted by atomic mass is 9.40. The van der Waals surface area contributed by atoms with Crippen LogP contribution in [0, 0.1) is 28.6 Å². The number of ether oxygens (including phenoxy) is 4. The number of carbonyl (C=O) groups excluding carboxylic acids is 5. The summed E-state index contributed by atoms with van der Waals surface area (Å²) in [6, 6.07) is 0. The van der Waals surface area contributed by atoms with Gasteiger partial charge in [-0.2, -0.15) is 0 Å². The summed E-state index contributed by atoms with van der Waals surface area (Å²) >= 11 is 0. The van der Waals surface area contributed by atoms with Gasteiger partial charge in [0.05, 0.1) is 16.6 Å². The number of hydrogen-bond acceptors (Lipinski definition) is 12. The number of Topliss-reactive ketones (excluding diaryl/α,β-unsaturated/α-hetero) is 1. The fourth-order valence-corrected chi connectivity index (χ4v) is 9.24. The Balaban J connectivity index is 1.94. The predicted molar refractivity (Wildman–Crippen MR) is 139 cm³/mol. The average molecular weight is 583 g/mol. The number of fused-ring (bicyclic) bond motifs is 5. The second kappa shape index (κ2) is 10.9. The van der Waals surface area contributed by atoms with Crippen LogP contribution in [-0.2, 0) is 42.9 Å². The van der Waals surface area contributed by atoms with Crippen molar-refractivity contribution < 1.29 is 58.2 Å². The first-order valence-corrected chi connectivity index (χ1v) is 14.3.